The van der Waals surface area contributed by atoms with Gasteiger partial charge in [0.25, 0.3) is 0 Å². The van der Waals surface area contributed by atoms with E-state index in [4.69, 9.17) is 0 Å². The number of benzene rings is 7. The first-order valence-electron chi connectivity index (χ1n) is 16.1. The molecule has 0 heterocycles. The van der Waals surface area contributed by atoms with Crippen molar-refractivity contribution in [3.63, 3.8) is 0 Å². The van der Waals surface area contributed by atoms with Crippen LogP contribution in [0.25, 0.3) is 59.8 Å². The van der Waals surface area contributed by atoms with Crippen molar-refractivity contribution >= 4 is 48.7 Å². The Balaban J connectivity index is 1.13. The van der Waals surface area contributed by atoms with Crippen molar-refractivity contribution in [3.05, 3.63) is 162 Å². The van der Waals surface area contributed by atoms with Crippen LogP contribution in [0.3, 0.4) is 0 Å². The standard InChI is InChI=1S/C44H34/c1-28-33-10-2-4-12-35(33)43(27-42(28)36-13-5-3-11-34(36)30-22-23-30)31-20-18-29(19-21-31)32-24-25-41-39-16-7-6-14-37(39)38-15-8-9-17-40(38)44(41)26-32/h2-18,20-21,24-27,29-30H,19,22-23H2,1H3. The second-order valence-electron chi connectivity index (χ2n) is 12.8. The SMILES string of the molecule is Cc1c(-c2ccccc2C2CC2)cc(C2=CCC(c3ccc4c5ccccc5c5ccccc5c4c3)C=C2)c2ccccc12. The largest absolute Gasteiger partial charge is 0.0761 e. The summed E-state index contributed by atoms with van der Waals surface area (Å²) in [5.74, 6) is 1.08. The maximum atomic E-state index is 2.47. The van der Waals surface area contributed by atoms with Gasteiger partial charge in [0.2, 0.25) is 0 Å². The summed E-state index contributed by atoms with van der Waals surface area (Å²) in [5, 5.41) is 10.7. The van der Waals surface area contributed by atoms with Crippen LogP contribution in [0.4, 0.5) is 0 Å². The van der Waals surface area contributed by atoms with E-state index in [0.29, 0.717) is 11.8 Å². The lowest BCUT2D eigenvalue weighted by Crippen LogP contribution is -2.00. The van der Waals surface area contributed by atoms with E-state index in [0.717, 1.165) is 6.42 Å². The molecule has 1 saturated carbocycles. The highest BCUT2D eigenvalue weighted by Gasteiger charge is 2.27. The Labute approximate surface area is 259 Å². The summed E-state index contributed by atoms with van der Waals surface area (Å²) in [4.78, 5) is 0. The molecule has 1 atom stereocenters. The molecule has 2 aliphatic carbocycles. The molecule has 0 saturated heterocycles. The number of aryl methyl sites for hydroxylation is 1. The molecule has 7 aromatic rings. The molecular formula is C44H34. The Morgan fingerprint density at radius 1 is 0.500 bits per heavy atom. The first-order valence-corrected chi connectivity index (χ1v) is 16.1. The molecule has 210 valence electrons. The first kappa shape index (κ1) is 25.5. The molecule has 0 spiro atoms. The van der Waals surface area contributed by atoms with Crippen molar-refractivity contribution in [2.75, 3.05) is 0 Å². The van der Waals surface area contributed by atoms with Gasteiger partial charge in [-0.15, -0.1) is 0 Å². The van der Waals surface area contributed by atoms with Gasteiger partial charge in [-0.3, -0.25) is 0 Å². The van der Waals surface area contributed by atoms with Crippen molar-refractivity contribution in [1.29, 1.82) is 0 Å². The highest BCUT2D eigenvalue weighted by Crippen LogP contribution is 2.47. The third-order valence-corrected chi connectivity index (χ3v) is 10.2. The minimum Gasteiger partial charge on any atom is -0.0761 e. The molecule has 1 unspecified atom stereocenters. The van der Waals surface area contributed by atoms with E-state index < -0.39 is 0 Å². The van der Waals surface area contributed by atoms with E-state index in [2.05, 4.69) is 146 Å². The first-order chi connectivity index (χ1) is 21.7. The Morgan fingerprint density at radius 3 is 1.75 bits per heavy atom. The van der Waals surface area contributed by atoms with Crippen LogP contribution < -0.4 is 0 Å². The Bertz CT molecular complexity index is 2290. The fourth-order valence-corrected chi connectivity index (χ4v) is 7.75. The second kappa shape index (κ2) is 10.1. The lowest BCUT2D eigenvalue weighted by atomic mass is 9.83. The minimum atomic E-state index is 0.361. The predicted molar refractivity (Wildman–Crippen MR) is 190 cm³/mol. The molecule has 0 amide bonds. The van der Waals surface area contributed by atoms with Gasteiger partial charge >= 0.3 is 0 Å². The van der Waals surface area contributed by atoms with Gasteiger partial charge in [-0.2, -0.15) is 0 Å². The third-order valence-electron chi connectivity index (χ3n) is 10.2. The number of hydrogen-bond donors (Lipinski definition) is 0. The monoisotopic (exact) mass is 562 g/mol. The van der Waals surface area contributed by atoms with Crippen molar-refractivity contribution in [2.24, 2.45) is 0 Å². The molecule has 1 fully saturated rings. The molecule has 9 rings (SSSR count). The summed E-state index contributed by atoms with van der Waals surface area (Å²) < 4.78 is 0. The Kier molecular flexibility index (Phi) is 5.85. The van der Waals surface area contributed by atoms with Gasteiger partial charge in [0.05, 0.1) is 0 Å². The normalized spacial score (nSPS) is 16.7. The summed E-state index contributed by atoms with van der Waals surface area (Å²) in [6.45, 7) is 2.30. The van der Waals surface area contributed by atoms with Crippen molar-refractivity contribution in [3.8, 4) is 11.1 Å². The number of rotatable bonds is 4. The molecule has 0 bridgehead atoms. The third kappa shape index (κ3) is 4.05. The van der Waals surface area contributed by atoms with E-state index in [9.17, 15) is 0 Å². The van der Waals surface area contributed by atoms with Gasteiger partial charge in [-0.05, 0) is 126 Å². The van der Waals surface area contributed by atoms with Gasteiger partial charge in [0.15, 0.2) is 0 Å². The van der Waals surface area contributed by atoms with Gasteiger partial charge in [-0.25, -0.2) is 0 Å². The van der Waals surface area contributed by atoms with E-state index in [1.165, 1.54) is 94.9 Å². The molecular weight excluding hydrogens is 528 g/mol. The fourth-order valence-electron chi connectivity index (χ4n) is 7.75. The van der Waals surface area contributed by atoms with E-state index in [1.807, 2.05) is 0 Å². The molecule has 0 aliphatic heterocycles. The molecule has 2 aliphatic rings. The Morgan fingerprint density at radius 2 is 1.09 bits per heavy atom. The summed E-state index contributed by atoms with van der Waals surface area (Å²) >= 11 is 0. The number of allylic oxidation sites excluding steroid dienone is 4. The molecule has 0 N–H and O–H groups in total. The highest BCUT2D eigenvalue weighted by molar-refractivity contribution is 6.25. The van der Waals surface area contributed by atoms with E-state index in [1.54, 1.807) is 0 Å². The summed E-state index contributed by atoms with van der Waals surface area (Å²) in [6.07, 6.45) is 10.9. The van der Waals surface area contributed by atoms with Crippen LogP contribution in [0.15, 0.2) is 140 Å². The molecule has 0 radical (unpaired) electrons. The van der Waals surface area contributed by atoms with Crippen molar-refractivity contribution in [2.45, 2.75) is 38.0 Å². The summed E-state index contributed by atoms with van der Waals surface area (Å²) in [7, 11) is 0. The fraction of sp³-hybridized carbons (Fsp3) is 0.136. The Hall–Kier alpha value is -4.94. The second-order valence-corrected chi connectivity index (χ2v) is 12.8. The van der Waals surface area contributed by atoms with Crippen molar-refractivity contribution in [1.82, 2.24) is 0 Å². The van der Waals surface area contributed by atoms with Crippen LogP contribution in [0.2, 0.25) is 0 Å². The summed E-state index contributed by atoms with van der Waals surface area (Å²) in [5.41, 5.74) is 9.75. The average Bonchev–Trinajstić information content (AvgIpc) is 3.95. The lowest BCUT2D eigenvalue weighted by molar-refractivity contribution is 0.858. The van der Waals surface area contributed by atoms with Crippen LogP contribution in [0.1, 0.15) is 53.4 Å². The quantitative estimate of drug-likeness (QED) is 0.187. The van der Waals surface area contributed by atoms with Gasteiger partial charge < -0.3 is 0 Å². The van der Waals surface area contributed by atoms with Crippen LogP contribution in [-0.2, 0) is 0 Å². The highest BCUT2D eigenvalue weighted by atomic mass is 14.3. The zero-order chi connectivity index (χ0) is 29.2. The smallest absolute Gasteiger partial charge is 0.00563 e. The van der Waals surface area contributed by atoms with Gasteiger partial charge in [-0.1, -0.05) is 127 Å². The van der Waals surface area contributed by atoms with Gasteiger partial charge in [0, 0.05) is 5.92 Å². The molecule has 0 nitrogen and oxygen atoms in total. The minimum absolute atomic E-state index is 0.361. The molecule has 0 aromatic heterocycles. The van der Waals surface area contributed by atoms with Crippen LogP contribution in [-0.4, -0.2) is 0 Å². The average molecular weight is 563 g/mol. The van der Waals surface area contributed by atoms with Crippen LogP contribution in [0.5, 0.6) is 0 Å². The van der Waals surface area contributed by atoms with E-state index in [-0.39, 0.29) is 0 Å². The van der Waals surface area contributed by atoms with Gasteiger partial charge in [0.1, 0.15) is 0 Å². The lowest BCUT2D eigenvalue weighted by Gasteiger charge is -2.21. The molecule has 0 heteroatoms. The number of fused-ring (bicyclic) bond motifs is 7. The molecule has 7 aromatic carbocycles. The maximum Gasteiger partial charge on any atom is 0.00563 e. The van der Waals surface area contributed by atoms with Crippen molar-refractivity contribution < 1.29 is 0 Å². The summed E-state index contributed by atoms with van der Waals surface area (Å²) in [6, 6.07) is 45.4. The topological polar surface area (TPSA) is 0 Å². The molecule has 44 heavy (non-hydrogen) atoms. The van der Waals surface area contributed by atoms with Crippen LogP contribution in [0, 0.1) is 6.92 Å². The zero-order valence-corrected chi connectivity index (χ0v) is 25.1. The number of hydrogen-bond acceptors (Lipinski definition) is 0. The van der Waals surface area contributed by atoms with Crippen LogP contribution >= 0.6 is 0 Å². The predicted octanol–water partition coefficient (Wildman–Crippen LogP) is 12.3. The zero-order valence-electron chi connectivity index (χ0n) is 25.1. The van der Waals surface area contributed by atoms with E-state index >= 15 is 0 Å². The maximum absolute atomic E-state index is 2.47.